The lowest BCUT2D eigenvalue weighted by Gasteiger charge is -2.30. The van der Waals surface area contributed by atoms with E-state index in [0.29, 0.717) is 5.69 Å². The van der Waals surface area contributed by atoms with Crippen molar-refractivity contribution in [3.8, 4) is 0 Å². The number of rotatable bonds is 4. The summed E-state index contributed by atoms with van der Waals surface area (Å²) in [6.07, 6.45) is 4.86. The number of benzene rings is 1. The third-order valence-electron chi connectivity index (χ3n) is 3.52. The van der Waals surface area contributed by atoms with Gasteiger partial charge in [-0.25, -0.2) is 13.2 Å². The summed E-state index contributed by atoms with van der Waals surface area (Å²) >= 11 is 0. The van der Waals surface area contributed by atoms with Crippen LogP contribution in [-0.4, -0.2) is 48.4 Å². The standard InChI is InChI=1S/C14H19NO6S2/c1-22(17,18)13-10-11(14(16)21-23(2,19)20)6-7-12(13)15-8-4-3-5-9-15/h6-7,10H,3-5,8-9H2,1-2H3. The van der Waals surface area contributed by atoms with Crippen LogP contribution in [-0.2, 0) is 24.1 Å². The summed E-state index contributed by atoms with van der Waals surface area (Å²) in [6.45, 7) is 1.49. The number of hydrogen-bond donors (Lipinski definition) is 0. The Labute approximate surface area is 136 Å². The monoisotopic (exact) mass is 361 g/mol. The van der Waals surface area contributed by atoms with E-state index >= 15 is 0 Å². The lowest BCUT2D eigenvalue weighted by atomic mass is 10.1. The van der Waals surface area contributed by atoms with E-state index in [1.54, 1.807) is 0 Å². The van der Waals surface area contributed by atoms with Crippen LogP contribution in [0, 0.1) is 0 Å². The molecular weight excluding hydrogens is 342 g/mol. The van der Waals surface area contributed by atoms with E-state index in [4.69, 9.17) is 0 Å². The molecule has 1 aliphatic heterocycles. The maximum absolute atomic E-state index is 12.1. The zero-order chi connectivity index (χ0) is 17.3. The fraction of sp³-hybridized carbons (Fsp3) is 0.500. The van der Waals surface area contributed by atoms with Crippen LogP contribution in [0.15, 0.2) is 23.1 Å². The molecule has 1 heterocycles. The fourth-order valence-electron chi connectivity index (χ4n) is 2.52. The lowest BCUT2D eigenvalue weighted by Crippen LogP contribution is -2.30. The minimum absolute atomic E-state index is 0.00218. The van der Waals surface area contributed by atoms with Gasteiger partial charge < -0.3 is 9.08 Å². The van der Waals surface area contributed by atoms with Gasteiger partial charge in [0.15, 0.2) is 9.84 Å². The summed E-state index contributed by atoms with van der Waals surface area (Å²) in [5.74, 6) is -1.09. The van der Waals surface area contributed by atoms with E-state index in [1.165, 1.54) is 18.2 Å². The predicted molar refractivity (Wildman–Crippen MR) is 85.9 cm³/mol. The fourth-order valence-corrected chi connectivity index (χ4v) is 3.81. The molecule has 0 aliphatic carbocycles. The highest BCUT2D eigenvalue weighted by Gasteiger charge is 2.23. The average molecular weight is 361 g/mol. The Hall–Kier alpha value is -1.61. The van der Waals surface area contributed by atoms with Gasteiger partial charge in [-0.3, -0.25) is 0 Å². The summed E-state index contributed by atoms with van der Waals surface area (Å²) in [5.41, 5.74) is 0.416. The van der Waals surface area contributed by atoms with Crippen molar-refractivity contribution in [1.82, 2.24) is 0 Å². The average Bonchev–Trinajstić information content (AvgIpc) is 2.45. The lowest BCUT2D eigenvalue weighted by molar-refractivity contribution is 0.0748. The summed E-state index contributed by atoms with van der Waals surface area (Å²) < 4.78 is 50.5. The molecule has 1 fully saturated rings. The van der Waals surface area contributed by atoms with E-state index in [1.807, 2.05) is 4.90 Å². The second-order valence-electron chi connectivity index (χ2n) is 5.58. The van der Waals surface area contributed by atoms with E-state index in [2.05, 4.69) is 4.18 Å². The third kappa shape index (κ3) is 4.68. The van der Waals surface area contributed by atoms with Gasteiger partial charge in [-0.05, 0) is 37.5 Å². The molecule has 0 unspecified atom stereocenters. The summed E-state index contributed by atoms with van der Waals surface area (Å²) in [4.78, 5) is 13.8. The van der Waals surface area contributed by atoms with Crippen LogP contribution in [0.1, 0.15) is 29.6 Å². The molecule has 0 radical (unpaired) electrons. The second kappa shape index (κ2) is 6.48. The van der Waals surface area contributed by atoms with Crippen molar-refractivity contribution in [2.75, 3.05) is 30.5 Å². The number of nitrogens with zero attached hydrogens (tertiary/aromatic N) is 1. The Kier molecular flexibility index (Phi) is 5.00. The molecule has 9 heteroatoms. The largest absolute Gasteiger partial charge is 0.370 e. The molecule has 7 nitrogen and oxygen atoms in total. The smallest absolute Gasteiger partial charge is 0.353 e. The Balaban J connectivity index is 2.44. The van der Waals surface area contributed by atoms with Crippen LogP contribution in [0.3, 0.4) is 0 Å². The summed E-state index contributed by atoms with van der Waals surface area (Å²) in [6, 6.07) is 4.08. The van der Waals surface area contributed by atoms with Crippen molar-refractivity contribution in [1.29, 1.82) is 0 Å². The van der Waals surface area contributed by atoms with Gasteiger partial charge in [0.05, 0.1) is 22.4 Å². The van der Waals surface area contributed by atoms with Crippen molar-refractivity contribution < 1.29 is 25.8 Å². The quantitative estimate of drug-likeness (QED) is 0.743. The van der Waals surface area contributed by atoms with Gasteiger partial charge in [0.25, 0.3) is 0 Å². The van der Waals surface area contributed by atoms with Crippen LogP contribution in [0.25, 0.3) is 0 Å². The number of sulfone groups is 1. The van der Waals surface area contributed by atoms with Gasteiger partial charge in [0.1, 0.15) is 0 Å². The minimum Gasteiger partial charge on any atom is -0.370 e. The maximum atomic E-state index is 12.1. The first-order valence-electron chi connectivity index (χ1n) is 7.11. The maximum Gasteiger partial charge on any atom is 0.353 e. The van der Waals surface area contributed by atoms with Crippen LogP contribution in [0.2, 0.25) is 0 Å². The zero-order valence-electron chi connectivity index (χ0n) is 13.0. The number of piperidine rings is 1. The third-order valence-corrected chi connectivity index (χ3v) is 5.10. The summed E-state index contributed by atoms with van der Waals surface area (Å²) in [7, 11) is -7.54. The minimum atomic E-state index is -3.96. The molecule has 1 aliphatic rings. The summed E-state index contributed by atoms with van der Waals surface area (Å²) in [5, 5.41) is 0. The highest BCUT2D eigenvalue weighted by molar-refractivity contribution is 7.90. The Morgan fingerprint density at radius 2 is 1.65 bits per heavy atom. The first-order chi connectivity index (χ1) is 10.6. The number of carbonyl (C=O) groups excluding carboxylic acids is 1. The van der Waals surface area contributed by atoms with Gasteiger partial charge >= 0.3 is 16.1 Å². The van der Waals surface area contributed by atoms with E-state index in [0.717, 1.165) is 44.9 Å². The second-order valence-corrected chi connectivity index (χ2v) is 9.14. The SMILES string of the molecule is CS(=O)(=O)OC(=O)c1ccc(N2CCCCC2)c(S(C)(=O)=O)c1. The van der Waals surface area contributed by atoms with Crippen LogP contribution < -0.4 is 4.90 Å². The van der Waals surface area contributed by atoms with Crippen LogP contribution in [0.5, 0.6) is 0 Å². The van der Waals surface area contributed by atoms with Crippen molar-refractivity contribution in [2.24, 2.45) is 0 Å². The topological polar surface area (TPSA) is 97.8 Å². The molecule has 0 spiro atoms. The Morgan fingerprint density at radius 1 is 1.04 bits per heavy atom. The Morgan fingerprint density at radius 3 is 2.17 bits per heavy atom. The molecule has 0 amide bonds. The van der Waals surface area contributed by atoms with Crippen LogP contribution >= 0.6 is 0 Å². The zero-order valence-corrected chi connectivity index (χ0v) is 14.6. The predicted octanol–water partition coefficient (Wildman–Crippen LogP) is 1.20. The molecule has 0 bridgehead atoms. The molecule has 0 saturated carbocycles. The van der Waals surface area contributed by atoms with Gasteiger partial charge in [0, 0.05) is 19.3 Å². The normalized spacial score (nSPS) is 16.2. The van der Waals surface area contributed by atoms with E-state index in [9.17, 15) is 21.6 Å². The number of carbonyl (C=O) groups is 1. The highest BCUT2D eigenvalue weighted by Crippen LogP contribution is 2.29. The molecule has 1 aromatic carbocycles. The molecule has 1 aromatic rings. The molecule has 128 valence electrons. The molecular formula is C14H19NO6S2. The molecule has 0 atom stereocenters. The van der Waals surface area contributed by atoms with Gasteiger partial charge in [0.2, 0.25) is 0 Å². The molecule has 23 heavy (non-hydrogen) atoms. The van der Waals surface area contributed by atoms with Crippen LogP contribution in [0.4, 0.5) is 5.69 Å². The molecule has 2 rings (SSSR count). The molecule has 1 saturated heterocycles. The van der Waals surface area contributed by atoms with E-state index in [-0.39, 0.29) is 10.5 Å². The van der Waals surface area contributed by atoms with Gasteiger partial charge in [-0.2, -0.15) is 8.42 Å². The van der Waals surface area contributed by atoms with E-state index < -0.39 is 25.9 Å². The molecule has 0 aromatic heterocycles. The number of hydrogen-bond acceptors (Lipinski definition) is 7. The highest BCUT2D eigenvalue weighted by atomic mass is 32.2. The number of anilines is 1. The van der Waals surface area contributed by atoms with Crippen molar-refractivity contribution in [2.45, 2.75) is 24.2 Å². The van der Waals surface area contributed by atoms with Crippen molar-refractivity contribution in [3.63, 3.8) is 0 Å². The first kappa shape index (κ1) is 17.7. The molecule has 0 N–H and O–H groups in total. The van der Waals surface area contributed by atoms with Gasteiger partial charge in [-0.15, -0.1) is 0 Å². The van der Waals surface area contributed by atoms with Crippen molar-refractivity contribution in [3.05, 3.63) is 23.8 Å². The Bertz CT molecular complexity index is 808. The van der Waals surface area contributed by atoms with Crippen molar-refractivity contribution >= 4 is 31.6 Å². The first-order valence-corrected chi connectivity index (χ1v) is 10.8. The van der Waals surface area contributed by atoms with Gasteiger partial charge in [-0.1, -0.05) is 0 Å².